The molecule has 2 amide bonds. The molecule has 0 fully saturated rings. The van der Waals surface area contributed by atoms with Crippen LogP contribution in [0.2, 0.25) is 5.02 Å². The molecule has 0 radical (unpaired) electrons. The van der Waals surface area contributed by atoms with Gasteiger partial charge in [0.2, 0.25) is 11.8 Å². The van der Waals surface area contributed by atoms with Gasteiger partial charge >= 0.3 is 0 Å². The minimum absolute atomic E-state index is 0.127. The van der Waals surface area contributed by atoms with Crippen LogP contribution in [0.4, 0.5) is 0 Å². The van der Waals surface area contributed by atoms with Gasteiger partial charge in [0.25, 0.3) is 0 Å². The second-order valence-corrected chi connectivity index (χ2v) is 9.12. The highest BCUT2D eigenvalue weighted by Crippen LogP contribution is 2.25. The number of rotatable bonds is 12. The fourth-order valence-corrected chi connectivity index (χ4v) is 3.92. The number of halogens is 1. The van der Waals surface area contributed by atoms with E-state index in [0.29, 0.717) is 24.6 Å². The highest BCUT2D eigenvalue weighted by atomic mass is 35.5. The molecule has 0 aliphatic carbocycles. The summed E-state index contributed by atoms with van der Waals surface area (Å²) < 4.78 is 5.58. The number of benzene rings is 3. The van der Waals surface area contributed by atoms with Gasteiger partial charge in [0.05, 0.1) is 12.5 Å². The molecule has 6 heteroatoms. The second-order valence-electron chi connectivity index (χ2n) is 8.69. The van der Waals surface area contributed by atoms with E-state index >= 15 is 0 Å². The van der Waals surface area contributed by atoms with Crippen LogP contribution in [0.3, 0.4) is 0 Å². The van der Waals surface area contributed by atoms with Crippen molar-refractivity contribution < 1.29 is 14.3 Å². The summed E-state index contributed by atoms with van der Waals surface area (Å²) in [6.07, 6.45) is 1.04. The van der Waals surface area contributed by atoms with E-state index in [4.69, 9.17) is 16.3 Å². The molecule has 3 aromatic rings. The van der Waals surface area contributed by atoms with E-state index in [0.717, 1.165) is 16.7 Å². The fourth-order valence-electron chi connectivity index (χ4n) is 3.79. The van der Waals surface area contributed by atoms with Gasteiger partial charge in [-0.3, -0.25) is 9.59 Å². The summed E-state index contributed by atoms with van der Waals surface area (Å²) >= 11 is 6.07. The standard InChI is InChI=1S/C29H33ClN2O3/c1-22(2)35-19-9-18-31-29(34)28(25-12-7-4-8-13-25)32(21-24-14-16-26(30)17-15-24)27(33)20-23-10-5-3-6-11-23/h3-8,10-17,22,28H,9,18-21H2,1-2H3,(H,31,34)/t28-/m1/s1. The molecular formula is C29H33ClN2O3. The van der Waals surface area contributed by atoms with Gasteiger partial charge in [-0.25, -0.2) is 0 Å². The molecule has 35 heavy (non-hydrogen) atoms. The average molecular weight is 493 g/mol. The summed E-state index contributed by atoms with van der Waals surface area (Å²) in [4.78, 5) is 28.8. The molecule has 0 heterocycles. The Morgan fingerprint density at radius 2 is 1.51 bits per heavy atom. The number of hydrogen-bond donors (Lipinski definition) is 1. The zero-order valence-electron chi connectivity index (χ0n) is 20.3. The smallest absolute Gasteiger partial charge is 0.247 e. The number of hydrogen-bond acceptors (Lipinski definition) is 3. The Morgan fingerprint density at radius 3 is 2.14 bits per heavy atom. The molecule has 0 bridgehead atoms. The first kappa shape index (κ1) is 26.5. The van der Waals surface area contributed by atoms with E-state index in [1.807, 2.05) is 86.6 Å². The Balaban J connectivity index is 1.87. The Morgan fingerprint density at radius 1 is 0.886 bits per heavy atom. The summed E-state index contributed by atoms with van der Waals surface area (Å²) in [5, 5.41) is 3.64. The molecule has 0 saturated heterocycles. The van der Waals surface area contributed by atoms with Crippen molar-refractivity contribution in [2.75, 3.05) is 13.2 Å². The highest BCUT2D eigenvalue weighted by molar-refractivity contribution is 6.30. The molecule has 0 saturated carbocycles. The first-order valence-corrected chi connectivity index (χ1v) is 12.3. The SMILES string of the molecule is CC(C)OCCCNC(=O)[C@@H](c1ccccc1)N(Cc1ccc(Cl)cc1)C(=O)Cc1ccccc1. The molecule has 184 valence electrons. The predicted molar refractivity (Wildman–Crippen MR) is 140 cm³/mol. The van der Waals surface area contributed by atoms with Crippen LogP contribution in [0.5, 0.6) is 0 Å². The van der Waals surface area contributed by atoms with E-state index in [2.05, 4.69) is 5.32 Å². The molecule has 1 N–H and O–H groups in total. The van der Waals surface area contributed by atoms with Crippen LogP contribution in [0, 0.1) is 0 Å². The monoisotopic (exact) mass is 492 g/mol. The molecular weight excluding hydrogens is 460 g/mol. The molecule has 3 aromatic carbocycles. The van der Waals surface area contributed by atoms with Crippen LogP contribution in [-0.2, 0) is 27.3 Å². The summed E-state index contributed by atoms with van der Waals surface area (Å²) in [5.74, 6) is -0.339. The molecule has 0 spiro atoms. The van der Waals surface area contributed by atoms with E-state index in [9.17, 15) is 9.59 Å². The van der Waals surface area contributed by atoms with Gasteiger partial charge in [0, 0.05) is 24.7 Å². The highest BCUT2D eigenvalue weighted by Gasteiger charge is 2.31. The summed E-state index contributed by atoms with van der Waals surface area (Å²) in [6, 6.07) is 25.6. The van der Waals surface area contributed by atoms with E-state index in [1.54, 1.807) is 17.0 Å². The molecule has 0 aliphatic heterocycles. The number of nitrogens with zero attached hydrogens (tertiary/aromatic N) is 1. The lowest BCUT2D eigenvalue weighted by Crippen LogP contribution is -2.44. The summed E-state index contributed by atoms with van der Waals surface area (Å²) in [5.41, 5.74) is 2.56. The zero-order valence-corrected chi connectivity index (χ0v) is 21.1. The Kier molecular flexibility index (Phi) is 10.3. The number of carbonyl (C=O) groups is 2. The zero-order chi connectivity index (χ0) is 25.0. The van der Waals surface area contributed by atoms with Crippen molar-refractivity contribution in [2.24, 2.45) is 0 Å². The van der Waals surface area contributed by atoms with E-state index in [-0.39, 0.29) is 30.9 Å². The lowest BCUT2D eigenvalue weighted by Gasteiger charge is -2.32. The quantitative estimate of drug-likeness (QED) is 0.335. The maximum absolute atomic E-state index is 13.7. The average Bonchev–Trinajstić information content (AvgIpc) is 2.85. The van der Waals surface area contributed by atoms with Gasteiger partial charge in [0.15, 0.2) is 0 Å². The summed E-state index contributed by atoms with van der Waals surface area (Å²) in [7, 11) is 0. The molecule has 0 unspecified atom stereocenters. The van der Waals surface area contributed by atoms with Crippen molar-refractivity contribution in [2.45, 2.75) is 45.4 Å². The van der Waals surface area contributed by atoms with Crippen LogP contribution in [-0.4, -0.2) is 36.0 Å². The molecule has 0 aliphatic rings. The van der Waals surface area contributed by atoms with Gasteiger partial charge in [0.1, 0.15) is 6.04 Å². The molecule has 0 aromatic heterocycles. The predicted octanol–water partition coefficient (Wildman–Crippen LogP) is 5.58. The lowest BCUT2D eigenvalue weighted by atomic mass is 10.0. The first-order valence-electron chi connectivity index (χ1n) is 12.0. The first-order chi connectivity index (χ1) is 16.9. The van der Waals surface area contributed by atoms with Gasteiger partial charge < -0.3 is 15.0 Å². The van der Waals surface area contributed by atoms with E-state index < -0.39 is 6.04 Å². The Labute approximate surface area is 213 Å². The Bertz CT molecular complexity index is 1060. The molecule has 1 atom stereocenters. The maximum Gasteiger partial charge on any atom is 0.247 e. The third-order valence-corrected chi connectivity index (χ3v) is 5.78. The third-order valence-electron chi connectivity index (χ3n) is 5.53. The van der Waals surface area contributed by atoms with E-state index in [1.165, 1.54) is 0 Å². The van der Waals surface area contributed by atoms with Crippen molar-refractivity contribution >= 4 is 23.4 Å². The van der Waals surface area contributed by atoms with Crippen LogP contribution < -0.4 is 5.32 Å². The third kappa shape index (κ3) is 8.53. The number of nitrogens with one attached hydrogen (secondary N) is 1. The fraction of sp³-hybridized carbons (Fsp3) is 0.310. The Hall–Kier alpha value is -3.15. The van der Waals surface area contributed by atoms with Crippen LogP contribution in [0.25, 0.3) is 0 Å². The van der Waals surface area contributed by atoms with Crippen LogP contribution >= 0.6 is 11.6 Å². The minimum Gasteiger partial charge on any atom is -0.379 e. The normalized spacial score (nSPS) is 11.8. The van der Waals surface area contributed by atoms with Gasteiger partial charge in [-0.1, -0.05) is 84.4 Å². The van der Waals surface area contributed by atoms with Crippen LogP contribution in [0.15, 0.2) is 84.9 Å². The maximum atomic E-state index is 13.7. The molecule has 3 rings (SSSR count). The number of carbonyl (C=O) groups excluding carboxylic acids is 2. The second kappa shape index (κ2) is 13.7. The van der Waals surface area contributed by atoms with Crippen molar-refractivity contribution in [1.82, 2.24) is 10.2 Å². The van der Waals surface area contributed by atoms with Crippen molar-refractivity contribution in [3.8, 4) is 0 Å². The van der Waals surface area contributed by atoms with Crippen molar-refractivity contribution in [1.29, 1.82) is 0 Å². The number of ether oxygens (including phenoxy) is 1. The van der Waals surface area contributed by atoms with Crippen molar-refractivity contribution in [3.05, 3.63) is 107 Å². The van der Waals surface area contributed by atoms with Gasteiger partial charge in [-0.15, -0.1) is 0 Å². The van der Waals surface area contributed by atoms with Gasteiger partial charge in [-0.2, -0.15) is 0 Å². The van der Waals surface area contributed by atoms with Crippen LogP contribution in [0.1, 0.15) is 43.0 Å². The molecule has 5 nitrogen and oxygen atoms in total. The largest absolute Gasteiger partial charge is 0.379 e. The lowest BCUT2D eigenvalue weighted by molar-refractivity contribution is -0.141. The summed E-state index contributed by atoms with van der Waals surface area (Å²) in [6.45, 7) is 5.28. The topological polar surface area (TPSA) is 58.6 Å². The number of amides is 2. The van der Waals surface area contributed by atoms with Crippen molar-refractivity contribution in [3.63, 3.8) is 0 Å². The minimum atomic E-state index is -0.769. The van der Waals surface area contributed by atoms with Gasteiger partial charge in [-0.05, 0) is 49.1 Å².